The minimum Gasteiger partial charge on any atom is -0.311 e. The average molecular weight is 439 g/mol. The van der Waals surface area contributed by atoms with Gasteiger partial charge in [-0.1, -0.05) is 18.5 Å². The van der Waals surface area contributed by atoms with E-state index in [1.165, 1.54) is 30.2 Å². The van der Waals surface area contributed by atoms with E-state index in [1.807, 2.05) is 31.2 Å². The van der Waals surface area contributed by atoms with Crippen LogP contribution in [0.15, 0.2) is 52.3 Å². The first kappa shape index (κ1) is 21.2. The standard InChI is InChI=1S/C20H23ClN2O3S2/c1-4-19(27-16-7-5-15(21)6-8-16)20(24)23-12-11-14-13-17(9-10-18(14)23)28(25,26)22(2)3/h5-10,13,19H,4,11-12H2,1-3H3/t19-/m1/s1. The molecule has 0 saturated heterocycles. The first-order valence-corrected chi connectivity index (χ1v) is 11.7. The van der Waals surface area contributed by atoms with E-state index < -0.39 is 10.0 Å². The molecule has 0 saturated carbocycles. The Bertz CT molecular complexity index is 975. The highest BCUT2D eigenvalue weighted by Crippen LogP contribution is 2.34. The molecular formula is C20H23ClN2O3S2. The van der Waals surface area contributed by atoms with E-state index in [1.54, 1.807) is 23.1 Å². The molecule has 0 bridgehead atoms. The molecule has 0 unspecified atom stereocenters. The van der Waals surface area contributed by atoms with E-state index in [2.05, 4.69) is 0 Å². The summed E-state index contributed by atoms with van der Waals surface area (Å²) in [6.45, 7) is 2.56. The van der Waals surface area contributed by atoms with Gasteiger partial charge in [-0.25, -0.2) is 12.7 Å². The van der Waals surface area contributed by atoms with Gasteiger partial charge in [0, 0.05) is 36.2 Å². The Morgan fingerprint density at radius 2 is 1.89 bits per heavy atom. The van der Waals surface area contributed by atoms with Crippen LogP contribution in [0.3, 0.4) is 0 Å². The van der Waals surface area contributed by atoms with Crippen LogP contribution in [-0.2, 0) is 21.2 Å². The Labute approximate surface area is 175 Å². The number of anilines is 1. The Balaban J connectivity index is 1.82. The Morgan fingerprint density at radius 3 is 2.50 bits per heavy atom. The second-order valence-corrected chi connectivity index (χ2v) is 10.7. The predicted molar refractivity (Wildman–Crippen MR) is 115 cm³/mol. The number of sulfonamides is 1. The molecule has 2 aromatic rings. The zero-order valence-corrected chi connectivity index (χ0v) is 18.4. The van der Waals surface area contributed by atoms with E-state index in [9.17, 15) is 13.2 Å². The van der Waals surface area contributed by atoms with Gasteiger partial charge >= 0.3 is 0 Å². The molecule has 150 valence electrons. The molecule has 5 nitrogen and oxygen atoms in total. The van der Waals surface area contributed by atoms with Crippen LogP contribution in [0.2, 0.25) is 5.02 Å². The highest BCUT2D eigenvalue weighted by Gasteiger charge is 2.31. The summed E-state index contributed by atoms with van der Waals surface area (Å²) >= 11 is 7.46. The van der Waals surface area contributed by atoms with Gasteiger partial charge in [-0.2, -0.15) is 0 Å². The van der Waals surface area contributed by atoms with Crippen molar-refractivity contribution in [1.29, 1.82) is 0 Å². The van der Waals surface area contributed by atoms with Crippen molar-refractivity contribution in [1.82, 2.24) is 4.31 Å². The summed E-state index contributed by atoms with van der Waals surface area (Å²) in [5, 5.41) is 0.456. The number of hydrogen-bond acceptors (Lipinski definition) is 4. The summed E-state index contributed by atoms with van der Waals surface area (Å²) in [6, 6.07) is 12.5. The normalized spacial score (nSPS) is 15.0. The van der Waals surface area contributed by atoms with Gasteiger partial charge in [0.05, 0.1) is 10.1 Å². The lowest BCUT2D eigenvalue weighted by molar-refractivity contribution is -0.118. The SMILES string of the molecule is CC[C@@H](Sc1ccc(Cl)cc1)C(=O)N1CCc2cc(S(=O)(=O)N(C)C)ccc21. The number of hydrogen-bond donors (Lipinski definition) is 0. The maximum atomic E-state index is 13.2. The van der Waals surface area contributed by atoms with Crippen LogP contribution in [0.5, 0.6) is 0 Å². The lowest BCUT2D eigenvalue weighted by Gasteiger charge is -2.23. The van der Waals surface area contributed by atoms with Crippen molar-refractivity contribution in [3.63, 3.8) is 0 Å². The molecule has 1 aliphatic rings. The summed E-state index contributed by atoms with van der Waals surface area (Å²) in [5.74, 6) is 0.0458. The molecule has 0 fully saturated rings. The number of thioether (sulfide) groups is 1. The van der Waals surface area contributed by atoms with Gasteiger partial charge in [-0.3, -0.25) is 4.79 Å². The van der Waals surface area contributed by atoms with Crippen LogP contribution in [-0.4, -0.2) is 44.5 Å². The summed E-state index contributed by atoms with van der Waals surface area (Å²) < 4.78 is 25.9. The lowest BCUT2D eigenvalue weighted by atomic mass is 10.2. The van der Waals surface area contributed by atoms with E-state index in [4.69, 9.17) is 11.6 Å². The van der Waals surface area contributed by atoms with E-state index in [0.717, 1.165) is 16.1 Å². The fourth-order valence-electron chi connectivity index (χ4n) is 3.14. The monoisotopic (exact) mass is 438 g/mol. The van der Waals surface area contributed by atoms with Gasteiger partial charge in [0.15, 0.2) is 0 Å². The number of carbonyl (C=O) groups excluding carboxylic acids is 1. The largest absolute Gasteiger partial charge is 0.311 e. The zero-order chi connectivity index (χ0) is 20.5. The maximum absolute atomic E-state index is 13.2. The predicted octanol–water partition coefficient (Wildman–Crippen LogP) is 4.05. The maximum Gasteiger partial charge on any atom is 0.242 e. The number of carbonyl (C=O) groups is 1. The third kappa shape index (κ3) is 4.22. The molecule has 8 heteroatoms. The summed E-state index contributed by atoms with van der Waals surface area (Å²) in [4.78, 5) is 16.2. The van der Waals surface area contributed by atoms with E-state index in [-0.39, 0.29) is 16.1 Å². The molecule has 1 heterocycles. The van der Waals surface area contributed by atoms with E-state index in [0.29, 0.717) is 24.4 Å². The van der Waals surface area contributed by atoms with Crippen molar-refractivity contribution in [2.24, 2.45) is 0 Å². The van der Waals surface area contributed by atoms with Crippen LogP contribution in [0.1, 0.15) is 18.9 Å². The minimum absolute atomic E-state index is 0.0458. The molecule has 1 amide bonds. The van der Waals surface area contributed by atoms with Gasteiger partial charge < -0.3 is 4.90 Å². The van der Waals surface area contributed by atoms with Gasteiger partial charge in [-0.15, -0.1) is 11.8 Å². The van der Waals surface area contributed by atoms with Gasteiger partial charge in [0.25, 0.3) is 0 Å². The van der Waals surface area contributed by atoms with Crippen LogP contribution in [0.25, 0.3) is 0 Å². The van der Waals surface area contributed by atoms with Crippen LogP contribution in [0.4, 0.5) is 5.69 Å². The van der Waals surface area contributed by atoms with Crippen LogP contribution < -0.4 is 4.90 Å². The Kier molecular flexibility index (Phi) is 6.39. The Hall–Kier alpha value is -1.54. The number of halogens is 1. The quantitative estimate of drug-likeness (QED) is 0.638. The van der Waals surface area contributed by atoms with Crippen molar-refractivity contribution in [2.75, 3.05) is 25.5 Å². The van der Waals surface area contributed by atoms with Crippen LogP contribution in [0, 0.1) is 0 Å². The summed E-state index contributed by atoms with van der Waals surface area (Å²) in [5.41, 5.74) is 1.69. The number of nitrogens with zero attached hydrogens (tertiary/aromatic N) is 2. The average Bonchev–Trinajstić information content (AvgIpc) is 3.10. The van der Waals surface area contributed by atoms with E-state index >= 15 is 0 Å². The Morgan fingerprint density at radius 1 is 1.21 bits per heavy atom. The van der Waals surface area contributed by atoms with Crippen molar-refractivity contribution >= 4 is 45.0 Å². The number of benzene rings is 2. The molecule has 0 spiro atoms. The molecule has 2 aromatic carbocycles. The molecule has 0 aliphatic carbocycles. The highest BCUT2D eigenvalue weighted by molar-refractivity contribution is 8.00. The molecule has 3 rings (SSSR count). The lowest BCUT2D eigenvalue weighted by Crippen LogP contribution is -2.36. The van der Waals surface area contributed by atoms with Gasteiger partial charge in [0.1, 0.15) is 0 Å². The smallest absolute Gasteiger partial charge is 0.242 e. The number of fused-ring (bicyclic) bond motifs is 1. The summed E-state index contributed by atoms with van der Waals surface area (Å²) in [6.07, 6.45) is 1.35. The number of amides is 1. The molecule has 0 radical (unpaired) electrons. The van der Waals surface area contributed by atoms with Crippen molar-refractivity contribution in [3.8, 4) is 0 Å². The molecule has 0 N–H and O–H groups in total. The topological polar surface area (TPSA) is 57.7 Å². The highest BCUT2D eigenvalue weighted by atomic mass is 35.5. The number of rotatable bonds is 6. The molecule has 28 heavy (non-hydrogen) atoms. The van der Waals surface area contributed by atoms with Gasteiger partial charge in [-0.05, 0) is 60.9 Å². The fraction of sp³-hybridized carbons (Fsp3) is 0.350. The molecular weight excluding hydrogens is 416 g/mol. The van der Waals surface area contributed by atoms with Gasteiger partial charge in [0.2, 0.25) is 15.9 Å². The zero-order valence-electron chi connectivity index (χ0n) is 16.1. The van der Waals surface area contributed by atoms with Crippen molar-refractivity contribution in [3.05, 3.63) is 53.1 Å². The summed E-state index contributed by atoms with van der Waals surface area (Å²) in [7, 11) is -0.462. The molecule has 1 aliphatic heterocycles. The van der Waals surface area contributed by atoms with Crippen molar-refractivity contribution in [2.45, 2.75) is 34.8 Å². The van der Waals surface area contributed by atoms with Crippen molar-refractivity contribution < 1.29 is 13.2 Å². The third-order valence-electron chi connectivity index (χ3n) is 4.73. The second-order valence-electron chi connectivity index (χ2n) is 6.79. The minimum atomic E-state index is -3.49. The first-order valence-electron chi connectivity index (χ1n) is 9.03. The molecule has 1 atom stereocenters. The fourth-order valence-corrected chi connectivity index (χ4v) is 5.23. The molecule has 0 aromatic heterocycles. The second kappa shape index (κ2) is 8.45. The van der Waals surface area contributed by atoms with Crippen LogP contribution >= 0.6 is 23.4 Å². The third-order valence-corrected chi connectivity index (χ3v) is 8.16. The first-order chi connectivity index (χ1) is 13.2.